The molecule has 0 saturated carbocycles. The lowest BCUT2D eigenvalue weighted by molar-refractivity contribution is -0.384. The zero-order valence-electron chi connectivity index (χ0n) is 13.4. The van der Waals surface area contributed by atoms with Crippen molar-refractivity contribution in [2.24, 2.45) is 0 Å². The average Bonchev–Trinajstić information content (AvgIpc) is 2.99. The van der Waals surface area contributed by atoms with Crippen molar-refractivity contribution in [3.63, 3.8) is 0 Å². The lowest BCUT2D eigenvalue weighted by Gasteiger charge is -2.03. The number of nitrogens with zero attached hydrogens (tertiary/aromatic N) is 3. The number of pyridine rings is 1. The van der Waals surface area contributed by atoms with E-state index in [1.165, 1.54) is 23.9 Å². The van der Waals surface area contributed by atoms with E-state index >= 15 is 0 Å². The number of ether oxygens (including phenoxy) is 1. The normalized spacial score (nSPS) is 10.8. The zero-order valence-corrected chi connectivity index (χ0v) is 14.2. The van der Waals surface area contributed by atoms with Gasteiger partial charge in [-0.3, -0.25) is 10.1 Å². The highest BCUT2D eigenvalue weighted by Crippen LogP contribution is 2.29. The second-order valence-electron chi connectivity index (χ2n) is 5.14. The van der Waals surface area contributed by atoms with Crippen molar-refractivity contribution in [3.8, 4) is 0 Å². The fourth-order valence-electron chi connectivity index (χ4n) is 2.34. The molecule has 0 aliphatic rings. The molecule has 0 unspecified atom stereocenters. The van der Waals surface area contributed by atoms with Gasteiger partial charge in [0, 0.05) is 24.1 Å². The Morgan fingerprint density at radius 1 is 1.28 bits per heavy atom. The number of carbonyl (C=O) groups excluding carboxylic acids is 1. The number of fused-ring (bicyclic) bond motifs is 1. The molecule has 1 aromatic carbocycles. The van der Waals surface area contributed by atoms with Crippen molar-refractivity contribution in [2.75, 3.05) is 6.61 Å². The number of hydrogen-bond acceptors (Lipinski definition) is 6. The van der Waals surface area contributed by atoms with E-state index in [0.717, 1.165) is 5.56 Å². The molecule has 0 aliphatic carbocycles. The smallest absolute Gasteiger partial charge is 0.343 e. The van der Waals surface area contributed by atoms with E-state index in [1.807, 2.05) is 18.2 Å². The second kappa shape index (κ2) is 7.35. The van der Waals surface area contributed by atoms with E-state index in [4.69, 9.17) is 4.74 Å². The van der Waals surface area contributed by atoms with Crippen molar-refractivity contribution >= 4 is 28.9 Å². The van der Waals surface area contributed by atoms with Crippen LogP contribution in [0, 0.1) is 10.1 Å². The van der Waals surface area contributed by atoms with Crippen LogP contribution in [-0.4, -0.2) is 27.1 Å². The van der Waals surface area contributed by atoms with E-state index in [1.54, 1.807) is 29.8 Å². The molecule has 8 heteroatoms. The fraction of sp³-hybridized carbons (Fsp3) is 0.176. The summed E-state index contributed by atoms with van der Waals surface area (Å²) in [7, 11) is 0. The van der Waals surface area contributed by atoms with E-state index in [0.29, 0.717) is 21.9 Å². The van der Waals surface area contributed by atoms with Crippen molar-refractivity contribution in [3.05, 3.63) is 69.9 Å². The molecule has 0 amide bonds. The fourth-order valence-corrected chi connectivity index (χ4v) is 3.31. The number of benzene rings is 1. The van der Waals surface area contributed by atoms with Crippen LogP contribution >= 0.6 is 11.8 Å². The summed E-state index contributed by atoms with van der Waals surface area (Å²) in [4.78, 5) is 22.6. The van der Waals surface area contributed by atoms with Crippen LogP contribution in [0.2, 0.25) is 0 Å². The molecule has 7 nitrogen and oxygen atoms in total. The van der Waals surface area contributed by atoms with Crippen molar-refractivity contribution in [1.82, 2.24) is 9.61 Å². The Bertz CT molecular complexity index is 921. The van der Waals surface area contributed by atoms with Gasteiger partial charge in [-0.15, -0.1) is 0 Å². The summed E-state index contributed by atoms with van der Waals surface area (Å²) in [5, 5.41) is 15.7. The summed E-state index contributed by atoms with van der Waals surface area (Å²) in [6.07, 6.45) is 1.77. The molecular formula is C17H15N3O4S. The minimum absolute atomic E-state index is 0.0497. The quantitative estimate of drug-likeness (QED) is 0.289. The lowest BCUT2D eigenvalue weighted by atomic mass is 10.2. The van der Waals surface area contributed by atoms with Crippen LogP contribution in [0.5, 0.6) is 0 Å². The van der Waals surface area contributed by atoms with Crippen LogP contribution in [0.25, 0.3) is 5.52 Å². The third-order valence-corrected chi connectivity index (χ3v) is 4.55. The minimum Gasteiger partial charge on any atom is -0.462 e. The van der Waals surface area contributed by atoms with Gasteiger partial charge in [-0.05, 0) is 24.6 Å². The largest absolute Gasteiger partial charge is 0.462 e. The maximum atomic E-state index is 12.3. The molecule has 2 aromatic heterocycles. The third-order valence-electron chi connectivity index (χ3n) is 3.51. The molecule has 0 saturated heterocycles. The van der Waals surface area contributed by atoms with Crippen LogP contribution in [0.15, 0.2) is 53.7 Å². The van der Waals surface area contributed by atoms with E-state index in [-0.39, 0.29) is 12.3 Å². The Morgan fingerprint density at radius 3 is 2.72 bits per heavy atom. The predicted molar refractivity (Wildman–Crippen MR) is 93.8 cm³/mol. The van der Waals surface area contributed by atoms with Gasteiger partial charge in [0.2, 0.25) is 0 Å². The summed E-state index contributed by atoms with van der Waals surface area (Å²) in [6, 6.07) is 11.8. The molecule has 0 fully saturated rings. The third kappa shape index (κ3) is 3.63. The second-order valence-corrected chi connectivity index (χ2v) is 6.11. The average molecular weight is 357 g/mol. The van der Waals surface area contributed by atoms with Gasteiger partial charge in [-0.2, -0.15) is 5.10 Å². The highest BCUT2D eigenvalue weighted by molar-refractivity contribution is 7.98. The van der Waals surface area contributed by atoms with Gasteiger partial charge in [0.15, 0.2) is 0 Å². The van der Waals surface area contributed by atoms with Crippen LogP contribution < -0.4 is 0 Å². The van der Waals surface area contributed by atoms with E-state index in [9.17, 15) is 14.9 Å². The molecule has 128 valence electrons. The number of aromatic nitrogens is 2. The maximum Gasteiger partial charge on any atom is 0.343 e. The molecule has 0 spiro atoms. The molecule has 3 aromatic rings. The molecule has 25 heavy (non-hydrogen) atoms. The number of rotatable bonds is 6. The van der Waals surface area contributed by atoms with Gasteiger partial charge >= 0.3 is 5.97 Å². The molecule has 0 N–H and O–H groups in total. The van der Waals surface area contributed by atoms with Gasteiger partial charge < -0.3 is 4.74 Å². The molecule has 0 atom stereocenters. The lowest BCUT2D eigenvalue weighted by Crippen LogP contribution is -2.05. The molecule has 0 aliphatic heterocycles. The number of thioether (sulfide) groups is 1. The highest BCUT2D eigenvalue weighted by atomic mass is 32.2. The van der Waals surface area contributed by atoms with Crippen LogP contribution in [-0.2, 0) is 10.5 Å². The first-order valence-electron chi connectivity index (χ1n) is 7.60. The summed E-state index contributed by atoms with van der Waals surface area (Å²) in [5.74, 6) is 0.128. The highest BCUT2D eigenvalue weighted by Gasteiger charge is 2.21. The summed E-state index contributed by atoms with van der Waals surface area (Å²) in [5.41, 5.74) is 2.08. The number of non-ortho nitro benzene ring substituents is 1. The number of esters is 1. The zero-order chi connectivity index (χ0) is 17.8. The topological polar surface area (TPSA) is 86.7 Å². The summed E-state index contributed by atoms with van der Waals surface area (Å²) >= 11 is 1.39. The molecule has 2 heterocycles. The molecular weight excluding hydrogens is 342 g/mol. The number of nitro groups is 1. The Hall–Kier alpha value is -2.87. The standard InChI is InChI=1S/C17H15N3O4S/c1-2-24-17(21)15-14-5-3-4-10-19(14)18-16(15)25-11-12-6-8-13(9-7-12)20(22)23/h3-10H,2,11H2,1H3. The van der Waals surface area contributed by atoms with E-state index in [2.05, 4.69) is 5.10 Å². The number of carbonyl (C=O) groups is 1. The van der Waals surface area contributed by atoms with Crippen LogP contribution in [0.3, 0.4) is 0 Å². The molecule has 3 rings (SSSR count). The van der Waals surface area contributed by atoms with Crippen molar-refractivity contribution in [1.29, 1.82) is 0 Å². The maximum absolute atomic E-state index is 12.3. The van der Waals surface area contributed by atoms with E-state index < -0.39 is 10.9 Å². The first-order valence-corrected chi connectivity index (χ1v) is 8.59. The Kier molecular flexibility index (Phi) is 4.99. The summed E-state index contributed by atoms with van der Waals surface area (Å²) < 4.78 is 6.79. The number of nitro benzene ring substituents is 1. The first kappa shape index (κ1) is 17.0. The van der Waals surface area contributed by atoms with Crippen LogP contribution in [0.4, 0.5) is 5.69 Å². The Morgan fingerprint density at radius 2 is 2.04 bits per heavy atom. The Labute approximate surface area is 147 Å². The van der Waals surface area contributed by atoms with Gasteiger partial charge in [-0.1, -0.05) is 30.0 Å². The van der Waals surface area contributed by atoms with Gasteiger partial charge in [0.25, 0.3) is 5.69 Å². The monoisotopic (exact) mass is 357 g/mol. The Balaban J connectivity index is 1.86. The number of hydrogen-bond donors (Lipinski definition) is 0. The predicted octanol–water partition coefficient (Wildman–Crippen LogP) is 3.71. The van der Waals surface area contributed by atoms with Crippen LogP contribution in [0.1, 0.15) is 22.8 Å². The molecule has 0 radical (unpaired) electrons. The minimum atomic E-state index is -0.433. The van der Waals surface area contributed by atoms with Crippen molar-refractivity contribution < 1.29 is 14.5 Å². The first-order chi connectivity index (χ1) is 12.1. The van der Waals surface area contributed by atoms with Gasteiger partial charge in [-0.25, -0.2) is 9.31 Å². The van der Waals surface area contributed by atoms with Crippen molar-refractivity contribution in [2.45, 2.75) is 17.7 Å². The SMILES string of the molecule is CCOC(=O)c1c(SCc2ccc([N+](=O)[O-])cc2)nn2ccccc12. The van der Waals surface area contributed by atoms with Gasteiger partial charge in [0.1, 0.15) is 10.6 Å². The summed E-state index contributed by atoms with van der Waals surface area (Å²) in [6.45, 7) is 2.04. The van der Waals surface area contributed by atoms with Gasteiger partial charge in [0.05, 0.1) is 17.0 Å². The molecule has 0 bridgehead atoms.